The molecule has 0 N–H and O–H groups in total. The molecule has 37 heavy (non-hydrogen) atoms. The first kappa shape index (κ1) is 26.8. The number of benzene rings is 3. The van der Waals surface area contributed by atoms with Crippen LogP contribution in [0.1, 0.15) is 44.7 Å². The van der Waals surface area contributed by atoms with E-state index in [4.69, 9.17) is 5.10 Å². The Kier molecular flexibility index (Phi) is 8.61. The second-order valence-corrected chi connectivity index (χ2v) is 11.1. The number of fused-ring (bicyclic) bond motifs is 1. The molecule has 0 unspecified atom stereocenters. The molecule has 3 aromatic carbocycles. The lowest BCUT2D eigenvalue weighted by atomic mass is 10.2. The highest BCUT2D eigenvalue weighted by Crippen LogP contribution is 2.31. The highest BCUT2D eigenvalue weighted by molar-refractivity contribution is 7.89. The zero-order chi connectivity index (χ0) is 26.4. The predicted molar refractivity (Wildman–Crippen MR) is 148 cm³/mol. The second-order valence-electron chi connectivity index (χ2n) is 9.14. The van der Waals surface area contributed by atoms with Crippen LogP contribution in [0.5, 0.6) is 0 Å². The summed E-state index contributed by atoms with van der Waals surface area (Å²) in [5.41, 5.74) is 2.72. The SMILES string of the molecule is CCCCN(Cc1ccccc1)S(=O)(=O)c1ccc2c(c1)c(N(CC)CC)nn2Cc1ccc(F)cc1. The second kappa shape index (κ2) is 11.9. The van der Waals surface area contributed by atoms with E-state index in [1.165, 1.54) is 12.1 Å². The maximum Gasteiger partial charge on any atom is 0.243 e. The molecule has 0 saturated heterocycles. The van der Waals surface area contributed by atoms with Gasteiger partial charge < -0.3 is 4.90 Å². The molecule has 0 aliphatic carbocycles. The average molecular weight is 523 g/mol. The van der Waals surface area contributed by atoms with Crippen molar-refractivity contribution in [3.63, 3.8) is 0 Å². The molecule has 0 spiro atoms. The molecule has 0 saturated carbocycles. The zero-order valence-electron chi connectivity index (χ0n) is 21.8. The zero-order valence-corrected chi connectivity index (χ0v) is 22.6. The van der Waals surface area contributed by atoms with Gasteiger partial charge in [-0.1, -0.05) is 55.8 Å². The molecule has 0 bridgehead atoms. The normalized spacial score (nSPS) is 11.9. The lowest BCUT2D eigenvalue weighted by Crippen LogP contribution is -2.31. The fraction of sp³-hybridized carbons (Fsp3) is 0.345. The number of rotatable bonds is 12. The molecule has 6 nitrogen and oxygen atoms in total. The summed E-state index contributed by atoms with van der Waals surface area (Å²) in [7, 11) is -3.74. The standard InChI is InChI=1S/C29H35FN4O2S/c1-4-7-19-33(21-23-11-9-8-10-12-23)37(35,36)26-17-18-28-27(20-26)29(32(5-2)6-3)31-34(28)22-24-13-15-25(30)16-14-24/h8-18,20H,4-7,19,21-22H2,1-3H3. The summed E-state index contributed by atoms with van der Waals surface area (Å²) in [6.07, 6.45) is 1.69. The lowest BCUT2D eigenvalue weighted by molar-refractivity contribution is 0.398. The van der Waals surface area contributed by atoms with E-state index in [9.17, 15) is 12.8 Å². The molecular weight excluding hydrogens is 487 g/mol. The van der Waals surface area contributed by atoms with Gasteiger partial charge in [-0.15, -0.1) is 0 Å². The Morgan fingerprint density at radius 3 is 2.24 bits per heavy atom. The molecule has 4 aromatic rings. The third-order valence-corrected chi connectivity index (χ3v) is 8.45. The minimum Gasteiger partial charge on any atom is -0.355 e. The van der Waals surface area contributed by atoms with Crippen LogP contribution < -0.4 is 4.90 Å². The number of hydrogen-bond acceptors (Lipinski definition) is 4. The third kappa shape index (κ3) is 6.02. The Bertz CT molecular complexity index is 1420. The van der Waals surface area contributed by atoms with Crippen LogP contribution >= 0.6 is 0 Å². The molecule has 0 atom stereocenters. The number of halogens is 1. The number of sulfonamides is 1. The van der Waals surface area contributed by atoms with E-state index in [2.05, 4.69) is 25.7 Å². The van der Waals surface area contributed by atoms with Gasteiger partial charge in [-0.2, -0.15) is 9.40 Å². The number of unbranched alkanes of at least 4 members (excludes halogenated alkanes) is 1. The van der Waals surface area contributed by atoms with Gasteiger partial charge in [-0.05, 0) is 61.7 Å². The minimum atomic E-state index is -3.74. The molecule has 1 aromatic heterocycles. The summed E-state index contributed by atoms with van der Waals surface area (Å²) in [6, 6.07) is 21.3. The first-order valence-electron chi connectivity index (χ1n) is 12.9. The van der Waals surface area contributed by atoms with Crippen LogP contribution in [0.25, 0.3) is 10.9 Å². The number of anilines is 1. The van der Waals surface area contributed by atoms with Gasteiger partial charge >= 0.3 is 0 Å². The van der Waals surface area contributed by atoms with Crippen molar-refractivity contribution in [2.45, 2.75) is 51.6 Å². The fourth-order valence-electron chi connectivity index (χ4n) is 4.50. The first-order chi connectivity index (χ1) is 17.9. The van der Waals surface area contributed by atoms with Crippen molar-refractivity contribution in [2.75, 3.05) is 24.5 Å². The van der Waals surface area contributed by atoms with Gasteiger partial charge in [0, 0.05) is 31.6 Å². The Morgan fingerprint density at radius 1 is 0.892 bits per heavy atom. The van der Waals surface area contributed by atoms with Crippen LogP contribution in [0.4, 0.5) is 10.2 Å². The van der Waals surface area contributed by atoms with Crippen molar-refractivity contribution in [1.82, 2.24) is 14.1 Å². The Labute approximate surface area is 219 Å². The van der Waals surface area contributed by atoms with E-state index < -0.39 is 10.0 Å². The number of aromatic nitrogens is 2. The highest BCUT2D eigenvalue weighted by atomic mass is 32.2. The summed E-state index contributed by atoms with van der Waals surface area (Å²) >= 11 is 0. The molecule has 0 radical (unpaired) electrons. The summed E-state index contributed by atoms with van der Waals surface area (Å²) in [5.74, 6) is 0.471. The fourth-order valence-corrected chi connectivity index (χ4v) is 5.99. The Hall–Kier alpha value is -3.23. The molecule has 0 amide bonds. The highest BCUT2D eigenvalue weighted by Gasteiger charge is 2.26. The maximum atomic E-state index is 13.9. The van der Waals surface area contributed by atoms with Crippen LogP contribution in [-0.4, -0.2) is 42.1 Å². The van der Waals surface area contributed by atoms with Crippen LogP contribution in [-0.2, 0) is 23.1 Å². The summed E-state index contributed by atoms with van der Waals surface area (Å²) < 4.78 is 44.6. The third-order valence-electron chi connectivity index (χ3n) is 6.61. The molecule has 1 heterocycles. The quantitative estimate of drug-likeness (QED) is 0.227. The van der Waals surface area contributed by atoms with Gasteiger partial charge in [-0.25, -0.2) is 12.8 Å². The molecular formula is C29H35FN4O2S. The number of nitrogens with zero attached hydrogens (tertiary/aromatic N) is 4. The molecule has 0 fully saturated rings. The topological polar surface area (TPSA) is 58.4 Å². The van der Waals surface area contributed by atoms with Crippen molar-refractivity contribution in [2.24, 2.45) is 0 Å². The van der Waals surface area contributed by atoms with Crippen molar-refractivity contribution in [3.8, 4) is 0 Å². The number of hydrogen-bond donors (Lipinski definition) is 0. The largest absolute Gasteiger partial charge is 0.355 e. The molecule has 196 valence electrons. The minimum absolute atomic E-state index is 0.266. The average Bonchev–Trinajstić information content (AvgIpc) is 3.26. The van der Waals surface area contributed by atoms with E-state index in [1.807, 2.05) is 41.1 Å². The molecule has 4 rings (SSSR count). The van der Waals surface area contributed by atoms with E-state index in [0.29, 0.717) is 19.6 Å². The summed E-state index contributed by atoms with van der Waals surface area (Å²) in [6.45, 7) is 8.90. The Balaban J connectivity index is 1.77. The Morgan fingerprint density at radius 2 is 1.59 bits per heavy atom. The van der Waals surface area contributed by atoms with Gasteiger partial charge in [0.2, 0.25) is 10.0 Å². The van der Waals surface area contributed by atoms with E-state index >= 15 is 0 Å². The van der Waals surface area contributed by atoms with E-state index in [0.717, 1.165) is 53.8 Å². The molecule has 8 heteroatoms. The smallest absolute Gasteiger partial charge is 0.243 e. The van der Waals surface area contributed by atoms with Crippen LogP contribution in [0, 0.1) is 5.82 Å². The van der Waals surface area contributed by atoms with Gasteiger partial charge in [0.1, 0.15) is 5.82 Å². The van der Waals surface area contributed by atoms with Crippen molar-refractivity contribution in [3.05, 3.63) is 89.7 Å². The van der Waals surface area contributed by atoms with Crippen molar-refractivity contribution >= 4 is 26.7 Å². The maximum absolute atomic E-state index is 13.9. The first-order valence-corrected chi connectivity index (χ1v) is 14.3. The van der Waals surface area contributed by atoms with E-state index in [-0.39, 0.29) is 10.7 Å². The van der Waals surface area contributed by atoms with Crippen molar-refractivity contribution in [1.29, 1.82) is 0 Å². The van der Waals surface area contributed by atoms with Crippen LogP contribution in [0.3, 0.4) is 0 Å². The lowest BCUT2D eigenvalue weighted by Gasteiger charge is -2.23. The molecule has 0 aliphatic rings. The van der Waals surface area contributed by atoms with Gasteiger partial charge in [-0.3, -0.25) is 4.68 Å². The van der Waals surface area contributed by atoms with E-state index in [1.54, 1.807) is 28.6 Å². The summed E-state index contributed by atoms with van der Waals surface area (Å²) in [4.78, 5) is 2.39. The van der Waals surface area contributed by atoms with Crippen LogP contribution in [0.2, 0.25) is 0 Å². The van der Waals surface area contributed by atoms with Crippen molar-refractivity contribution < 1.29 is 12.8 Å². The van der Waals surface area contributed by atoms with Crippen LogP contribution in [0.15, 0.2) is 77.7 Å². The van der Waals surface area contributed by atoms with Gasteiger partial charge in [0.05, 0.1) is 17.0 Å². The van der Waals surface area contributed by atoms with Gasteiger partial charge in [0.25, 0.3) is 0 Å². The van der Waals surface area contributed by atoms with Gasteiger partial charge in [0.15, 0.2) is 5.82 Å². The molecule has 0 aliphatic heterocycles. The summed E-state index contributed by atoms with van der Waals surface area (Å²) in [5, 5.41) is 5.67. The predicted octanol–water partition coefficient (Wildman–Crippen LogP) is 6.06. The monoisotopic (exact) mass is 522 g/mol.